The molecule has 0 spiro atoms. The van der Waals surface area contributed by atoms with Crippen LogP contribution in [0.5, 0.6) is 0 Å². The number of nitrogens with one attached hydrogen (secondary N) is 1. The van der Waals surface area contributed by atoms with E-state index in [2.05, 4.69) is 37.9 Å². The summed E-state index contributed by atoms with van der Waals surface area (Å²) < 4.78 is 0. The van der Waals surface area contributed by atoms with E-state index in [1.54, 1.807) is 0 Å². The van der Waals surface area contributed by atoms with Crippen LogP contribution < -0.4 is 5.32 Å². The zero-order valence-electron chi connectivity index (χ0n) is 13.4. The molecule has 1 N–H and O–H groups in total. The predicted molar refractivity (Wildman–Crippen MR) is 81.1 cm³/mol. The van der Waals surface area contributed by atoms with Gasteiger partial charge in [-0.3, -0.25) is 10.1 Å². The monoisotopic (exact) mass is 278 g/mol. The highest BCUT2D eigenvalue weighted by Gasteiger charge is 2.52. The largest absolute Gasteiger partial charge is 0.322 e. The molecular weight excluding hydrogens is 248 g/mol. The minimum atomic E-state index is 0.0405. The van der Waals surface area contributed by atoms with E-state index in [0.29, 0.717) is 23.8 Å². The first-order chi connectivity index (χ1) is 9.49. The van der Waals surface area contributed by atoms with Gasteiger partial charge in [0.05, 0.1) is 12.2 Å². The maximum Gasteiger partial charge on any atom is 0.241 e. The van der Waals surface area contributed by atoms with Gasteiger partial charge in [-0.1, -0.05) is 27.7 Å². The Morgan fingerprint density at radius 2 is 1.65 bits per heavy atom. The van der Waals surface area contributed by atoms with Gasteiger partial charge in [0.2, 0.25) is 5.91 Å². The van der Waals surface area contributed by atoms with E-state index < -0.39 is 0 Å². The van der Waals surface area contributed by atoms with Crippen LogP contribution in [-0.2, 0) is 4.79 Å². The standard InChI is InChI=1S/C17H30N2O/c1-10(2)9-14-18-15(11(3)4)17(20)19(14)16(12-5-6-12)13-7-8-13/h10-16,18H,5-9H2,1-4H3. The Labute approximate surface area is 123 Å². The predicted octanol–water partition coefficient (Wildman–Crippen LogP) is 3.00. The minimum Gasteiger partial charge on any atom is -0.322 e. The topological polar surface area (TPSA) is 32.3 Å². The van der Waals surface area contributed by atoms with Crippen LogP contribution in [0.2, 0.25) is 0 Å². The number of hydrogen-bond acceptors (Lipinski definition) is 2. The molecule has 0 aromatic carbocycles. The normalized spacial score (nSPS) is 31.1. The van der Waals surface area contributed by atoms with Crippen molar-refractivity contribution < 1.29 is 4.79 Å². The summed E-state index contributed by atoms with van der Waals surface area (Å²) in [6, 6.07) is 0.584. The fourth-order valence-corrected chi connectivity index (χ4v) is 3.85. The molecular formula is C17H30N2O. The van der Waals surface area contributed by atoms with Gasteiger partial charge in [-0.2, -0.15) is 0 Å². The summed E-state index contributed by atoms with van der Waals surface area (Å²) in [4.78, 5) is 15.2. The van der Waals surface area contributed by atoms with Crippen molar-refractivity contribution >= 4 is 5.91 Å². The van der Waals surface area contributed by atoms with Gasteiger partial charge < -0.3 is 4.90 Å². The summed E-state index contributed by atoms with van der Waals surface area (Å²) in [7, 11) is 0. The molecule has 3 nitrogen and oxygen atoms in total. The second-order valence-electron chi connectivity index (χ2n) is 7.94. The first-order valence-electron chi connectivity index (χ1n) is 8.57. The third-order valence-corrected chi connectivity index (χ3v) is 5.12. The van der Waals surface area contributed by atoms with E-state index in [0.717, 1.165) is 18.3 Å². The van der Waals surface area contributed by atoms with Crippen molar-refractivity contribution in [1.82, 2.24) is 10.2 Å². The van der Waals surface area contributed by atoms with Crippen LogP contribution in [0, 0.1) is 23.7 Å². The van der Waals surface area contributed by atoms with Gasteiger partial charge in [0.25, 0.3) is 0 Å². The number of amides is 1. The van der Waals surface area contributed by atoms with Gasteiger partial charge in [-0.15, -0.1) is 0 Å². The first-order valence-corrected chi connectivity index (χ1v) is 8.57. The number of hydrogen-bond donors (Lipinski definition) is 1. The summed E-state index contributed by atoms with van der Waals surface area (Å²) in [6.07, 6.45) is 6.72. The molecule has 3 heteroatoms. The van der Waals surface area contributed by atoms with E-state index in [1.807, 2.05) is 0 Å². The minimum absolute atomic E-state index is 0.0405. The Bertz CT molecular complexity index is 359. The van der Waals surface area contributed by atoms with Crippen LogP contribution in [0.15, 0.2) is 0 Å². The molecule has 1 heterocycles. The third kappa shape index (κ3) is 2.74. The van der Waals surface area contributed by atoms with E-state index in [1.165, 1.54) is 25.7 Å². The highest BCUT2D eigenvalue weighted by molar-refractivity contribution is 5.85. The summed E-state index contributed by atoms with van der Waals surface area (Å²) >= 11 is 0. The van der Waals surface area contributed by atoms with E-state index in [4.69, 9.17) is 0 Å². The van der Waals surface area contributed by atoms with Crippen molar-refractivity contribution in [1.29, 1.82) is 0 Å². The van der Waals surface area contributed by atoms with Gasteiger partial charge in [-0.05, 0) is 55.8 Å². The zero-order chi connectivity index (χ0) is 14.4. The SMILES string of the molecule is CC(C)CC1NC(C(C)C)C(=O)N1C(C1CC1)C1CC1. The molecule has 3 aliphatic rings. The average Bonchev–Trinajstić information content (AvgIpc) is 3.23. The van der Waals surface area contributed by atoms with Crippen molar-refractivity contribution in [3.05, 3.63) is 0 Å². The smallest absolute Gasteiger partial charge is 0.241 e. The van der Waals surface area contributed by atoms with Crippen molar-refractivity contribution in [2.45, 2.75) is 78.0 Å². The Kier molecular flexibility index (Phi) is 3.83. The first kappa shape index (κ1) is 14.4. The van der Waals surface area contributed by atoms with E-state index in [-0.39, 0.29) is 12.2 Å². The van der Waals surface area contributed by atoms with Crippen LogP contribution in [0.1, 0.15) is 59.8 Å². The summed E-state index contributed by atoms with van der Waals surface area (Å²) in [5.74, 6) is 3.01. The lowest BCUT2D eigenvalue weighted by molar-refractivity contribution is -0.134. The lowest BCUT2D eigenvalue weighted by atomic mass is 10.0. The maximum absolute atomic E-state index is 12.9. The van der Waals surface area contributed by atoms with Gasteiger partial charge in [0.15, 0.2) is 0 Å². The van der Waals surface area contributed by atoms with Gasteiger partial charge >= 0.3 is 0 Å². The van der Waals surface area contributed by atoms with Crippen LogP contribution in [0.4, 0.5) is 0 Å². The Morgan fingerprint density at radius 3 is 2.05 bits per heavy atom. The van der Waals surface area contributed by atoms with E-state index in [9.17, 15) is 4.79 Å². The molecule has 3 fully saturated rings. The number of rotatable bonds is 6. The summed E-state index contributed by atoms with van der Waals surface area (Å²) in [5, 5.41) is 3.64. The molecule has 3 rings (SSSR count). The van der Waals surface area contributed by atoms with Crippen LogP contribution in [0.25, 0.3) is 0 Å². The molecule has 2 unspecified atom stereocenters. The molecule has 1 amide bonds. The maximum atomic E-state index is 12.9. The molecule has 0 aromatic heterocycles. The second kappa shape index (κ2) is 5.32. The van der Waals surface area contributed by atoms with E-state index >= 15 is 0 Å². The van der Waals surface area contributed by atoms with Crippen molar-refractivity contribution in [3.63, 3.8) is 0 Å². The highest BCUT2D eigenvalue weighted by Crippen LogP contribution is 2.48. The summed E-state index contributed by atoms with van der Waals surface area (Å²) in [5.41, 5.74) is 0. The fraction of sp³-hybridized carbons (Fsp3) is 0.941. The molecule has 1 aliphatic heterocycles. The second-order valence-corrected chi connectivity index (χ2v) is 7.94. The molecule has 20 heavy (non-hydrogen) atoms. The Hall–Kier alpha value is -0.570. The number of nitrogens with zero attached hydrogens (tertiary/aromatic N) is 1. The van der Waals surface area contributed by atoms with Crippen LogP contribution in [-0.4, -0.2) is 29.1 Å². The lowest BCUT2D eigenvalue weighted by Crippen LogP contribution is -2.47. The average molecular weight is 278 g/mol. The van der Waals surface area contributed by atoms with Gasteiger partial charge in [0.1, 0.15) is 0 Å². The van der Waals surface area contributed by atoms with Crippen LogP contribution in [0.3, 0.4) is 0 Å². The molecule has 0 aromatic rings. The van der Waals surface area contributed by atoms with Crippen molar-refractivity contribution in [2.24, 2.45) is 23.7 Å². The fourth-order valence-electron chi connectivity index (χ4n) is 3.85. The number of carbonyl (C=O) groups is 1. The Balaban J connectivity index is 1.81. The molecule has 114 valence electrons. The zero-order valence-corrected chi connectivity index (χ0v) is 13.4. The molecule has 2 atom stereocenters. The molecule has 2 aliphatic carbocycles. The van der Waals surface area contributed by atoms with Gasteiger partial charge in [0, 0.05) is 6.04 Å². The lowest BCUT2D eigenvalue weighted by Gasteiger charge is -2.34. The summed E-state index contributed by atoms with van der Waals surface area (Å²) in [6.45, 7) is 8.84. The van der Waals surface area contributed by atoms with Crippen molar-refractivity contribution in [2.75, 3.05) is 0 Å². The molecule has 1 saturated heterocycles. The van der Waals surface area contributed by atoms with Crippen LogP contribution >= 0.6 is 0 Å². The molecule has 0 bridgehead atoms. The molecule has 2 saturated carbocycles. The third-order valence-electron chi connectivity index (χ3n) is 5.12. The van der Waals surface area contributed by atoms with Gasteiger partial charge in [-0.25, -0.2) is 0 Å². The quantitative estimate of drug-likeness (QED) is 0.810. The van der Waals surface area contributed by atoms with Crippen molar-refractivity contribution in [3.8, 4) is 0 Å². The Morgan fingerprint density at radius 1 is 1.10 bits per heavy atom. The highest BCUT2D eigenvalue weighted by atomic mass is 16.2. The molecule has 0 radical (unpaired) electrons. The number of carbonyl (C=O) groups excluding carboxylic acids is 1.